The van der Waals surface area contributed by atoms with E-state index in [1.807, 2.05) is 0 Å². The van der Waals surface area contributed by atoms with Crippen LogP contribution in [-0.2, 0) is 4.79 Å². The van der Waals surface area contributed by atoms with Crippen LogP contribution in [-0.4, -0.2) is 49.7 Å². The van der Waals surface area contributed by atoms with E-state index in [4.69, 9.17) is 9.90 Å². The maximum atomic E-state index is 8.36. The van der Waals surface area contributed by atoms with Gasteiger partial charge in [0.05, 0.1) is 0 Å². The Hall–Kier alpha value is -0.610. The molecule has 2 aliphatic heterocycles. The summed E-state index contributed by atoms with van der Waals surface area (Å²) in [7, 11) is 2.18. The Morgan fingerprint density at radius 3 is 2.09 bits per heavy atom. The summed E-state index contributed by atoms with van der Waals surface area (Å²) >= 11 is 0. The Morgan fingerprint density at radius 1 is 1.55 bits per heavy atom. The van der Waals surface area contributed by atoms with Gasteiger partial charge in [-0.3, -0.25) is 4.79 Å². The van der Waals surface area contributed by atoms with Crippen molar-refractivity contribution < 1.29 is 9.90 Å². The zero-order valence-corrected chi connectivity index (χ0v) is 6.71. The molecule has 0 aromatic rings. The summed E-state index contributed by atoms with van der Waals surface area (Å²) in [6.07, 6.45) is 0. The van der Waals surface area contributed by atoms with E-state index in [9.17, 15) is 0 Å². The highest BCUT2D eigenvalue weighted by Crippen LogP contribution is 2.32. The number of likely N-dealkylation sites (tertiary alicyclic amines) is 1. The first kappa shape index (κ1) is 8.49. The monoisotopic (exact) mass is 158 g/mol. The maximum Gasteiger partial charge on any atom is 0.290 e. The quantitative estimate of drug-likeness (QED) is 0.454. The lowest BCUT2D eigenvalue weighted by Crippen LogP contribution is -2.69. The largest absolute Gasteiger partial charge is 0.483 e. The molecule has 2 fully saturated rings. The molecule has 0 unspecified atom stereocenters. The van der Waals surface area contributed by atoms with Crippen molar-refractivity contribution in [3.8, 4) is 0 Å². The lowest BCUT2D eigenvalue weighted by molar-refractivity contribution is -0.122. The number of nitrogens with zero attached hydrogens (tertiary/aromatic N) is 1. The van der Waals surface area contributed by atoms with Crippen LogP contribution in [0.4, 0.5) is 0 Å². The van der Waals surface area contributed by atoms with Gasteiger partial charge < -0.3 is 15.3 Å². The van der Waals surface area contributed by atoms with E-state index < -0.39 is 0 Å². The molecule has 0 aromatic heterocycles. The molecule has 1 spiro atoms. The summed E-state index contributed by atoms with van der Waals surface area (Å²) in [5, 5.41) is 10.2. The minimum absolute atomic E-state index is 0.250. The van der Waals surface area contributed by atoms with E-state index in [2.05, 4.69) is 17.3 Å². The molecule has 2 N–H and O–H groups in total. The highest BCUT2D eigenvalue weighted by molar-refractivity contribution is 5.32. The van der Waals surface area contributed by atoms with Crippen molar-refractivity contribution in [2.45, 2.75) is 0 Å². The molecule has 2 heterocycles. The van der Waals surface area contributed by atoms with E-state index in [1.165, 1.54) is 26.2 Å². The second-order valence-corrected chi connectivity index (χ2v) is 3.38. The smallest absolute Gasteiger partial charge is 0.290 e. The van der Waals surface area contributed by atoms with Gasteiger partial charge in [0.2, 0.25) is 0 Å². The predicted octanol–water partition coefficient (Wildman–Crippen LogP) is -0.778. The first-order valence-electron chi connectivity index (χ1n) is 3.69. The van der Waals surface area contributed by atoms with Gasteiger partial charge in [-0.15, -0.1) is 0 Å². The third kappa shape index (κ3) is 1.70. The van der Waals surface area contributed by atoms with Gasteiger partial charge >= 0.3 is 0 Å². The molecule has 4 nitrogen and oxygen atoms in total. The molecule has 11 heavy (non-hydrogen) atoms. The van der Waals surface area contributed by atoms with Gasteiger partial charge in [0, 0.05) is 31.6 Å². The minimum atomic E-state index is -0.250. The zero-order chi connectivity index (χ0) is 8.32. The second-order valence-electron chi connectivity index (χ2n) is 3.38. The predicted molar refractivity (Wildman–Crippen MR) is 41.5 cm³/mol. The molecule has 2 aliphatic rings. The van der Waals surface area contributed by atoms with Gasteiger partial charge in [0.1, 0.15) is 0 Å². The fourth-order valence-electron chi connectivity index (χ4n) is 1.80. The third-order valence-corrected chi connectivity index (χ3v) is 2.21. The molecule has 2 rings (SSSR count). The SMILES string of the molecule is CN1CC2(CNC2)C1.O=CO. The molecule has 0 radical (unpaired) electrons. The number of carbonyl (C=O) groups is 1. The van der Waals surface area contributed by atoms with Gasteiger partial charge in [-0.1, -0.05) is 0 Å². The van der Waals surface area contributed by atoms with E-state index in [1.54, 1.807) is 0 Å². The van der Waals surface area contributed by atoms with Gasteiger partial charge in [-0.2, -0.15) is 0 Å². The highest BCUT2D eigenvalue weighted by Gasteiger charge is 2.45. The summed E-state index contributed by atoms with van der Waals surface area (Å²) < 4.78 is 0. The lowest BCUT2D eigenvalue weighted by Gasteiger charge is -2.55. The van der Waals surface area contributed by atoms with Crippen LogP contribution in [0.25, 0.3) is 0 Å². The fourth-order valence-corrected chi connectivity index (χ4v) is 1.80. The molecule has 64 valence electrons. The summed E-state index contributed by atoms with van der Waals surface area (Å²) in [5.74, 6) is 0. The van der Waals surface area contributed by atoms with Crippen LogP contribution in [0.2, 0.25) is 0 Å². The second kappa shape index (κ2) is 3.19. The van der Waals surface area contributed by atoms with Crippen molar-refractivity contribution in [2.24, 2.45) is 5.41 Å². The summed E-state index contributed by atoms with van der Waals surface area (Å²) in [6.45, 7) is 4.91. The summed E-state index contributed by atoms with van der Waals surface area (Å²) in [6, 6.07) is 0. The Morgan fingerprint density at radius 2 is 2.00 bits per heavy atom. The first-order chi connectivity index (χ1) is 5.22. The molecule has 0 aliphatic carbocycles. The standard InChI is InChI=1S/C6H12N2.CH2O2/c1-8-4-6(5-8)2-7-3-6;2-1-3/h7H,2-5H2,1H3;1H,(H,2,3). The Bertz CT molecular complexity index is 137. The number of rotatable bonds is 0. The lowest BCUT2D eigenvalue weighted by atomic mass is 9.75. The first-order valence-corrected chi connectivity index (χ1v) is 3.69. The minimum Gasteiger partial charge on any atom is -0.483 e. The topological polar surface area (TPSA) is 52.6 Å². The van der Waals surface area contributed by atoms with Crippen molar-refractivity contribution in [1.82, 2.24) is 10.2 Å². The number of carboxylic acid groups (broad SMARTS) is 1. The summed E-state index contributed by atoms with van der Waals surface area (Å²) in [5.41, 5.74) is 0.731. The number of hydrogen-bond acceptors (Lipinski definition) is 3. The average molecular weight is 158 g/mol. The third-order valence-electron chi connectivity index (χ3n) is 2.21. The van der Waals surface area contributed by atoms with Crippen LogP contribution >= 0.6 is 0 Å². The van der Waals surface area contributed by atoms with Crippen LogP contribution < -0.4 is 5.32 Å². The van der Waals surface area contributed by atoms with Crippen LogP contribution in [0.15, 0.2) is 0 Å². The van der Waals surface area contributed by atoms with Gasteiger partial charge in [0.25, 0.3) is 6.47 Å². The van der Waals surface area contributed by atoms with E-state index >= 15 is 0 Å². The molecule has 4 heteroatoms. The Kier molecular flexibility index (Phi) is 2.46. The van der Waals surface area contributed by atoms with E-state index in [0.717, 1.165) is 5.41 Å². The Labute approximate surface area is 66.2 Å². The maximum absolute atomic E-state index is 8.36. The van der Waals surface area contributed by atoms with Crippen LogP contribution in [0.1, 0.15) is 0 Å². The molecule has 2 saturated heterocycles. The highest BCUT2D eigenvalue weighted by atomic mass is 16.3. The van der Waals surface area contributed by atoms with Crippen molar-refractivity contribution in [1.29, 1.82) is 0 Å². The zero-order valence-electron chi connectivity index (χ0n) is 6.71. The van der Waals surface area contributed by atoms with Crippen LogP contribution in [0.5, 0.6) is 0 Å². The number of hydrogen-bond donors (Lipinski definition) is 2. The Balaban J connectivity index is 0.000000179. The van der Waals surface area contributed by atoms with Crippen molar-refractivity contribution >= 4 is 6.47 Å². The molecule has 0 atom stereocenters. The van der Waals surface area contributed by atoms with Gasteiger partial charge in [-0.05, 0) is 7.05 Å². The van der Waals surface area contributed by atoms with Gasteiger partial charge in [0.15, 0.2) is 0 Å². The molecular formula is C7H14N2O2. The normalized spacial score (nSPS) is 25.9. The van der Waals surface area contributed by atoms with Crippen LogP contribution in [0.3, 0.4) is 0 Å². The molecule has 0 bridgehead atoms. The van der Waals surface area contributed by atoms with Crippen molar-refractivity contribution in [2.75, 3.05) is 33.2 Å². The van der Waals surface area contributed by atoms with Crippen molar-refractivity contribution in [3.63, 3.8) is 0 Å². The van der Waals surface area contributed by atoms with E-state index in [-0.39, 0.29) is 6.47 Å². The molecular weight excluding hydrogens is 144 g/mol. The van der Waals surface area contributed by atoms with Crippen molar-refractivity contribution in [3.05, 3.63) is 0 Å². The fraction of sp³-hybridized carbons (Fsp3) is 0.857. The molecule has 0 saturated carbocycles. The number of nitrogens with one attached hydrogen (secondary N) is 1. The average Bonchev–Trinajstić information content (AvgIpc) is 1.78. The molecule has 0 aromatic carbocycles. The van der Waals surface area contributed by atoms with Crippen LogP contribution in [0, 0.1) is 5.41 Å². The molecule has 0 amide bonds. The summed E-state index contributed by atoms with van der Waals surface area (Å²) in [4.78, 5) is 10.7. The van der Waals surface area contributed by atoms with E-state index in [0.29, 0.717) is 0 Å². The van der Waals surface area contributed by atoms with Gasteiger partial charge in [-0.25, -0.2) is 0 Å².